The van der Waals surface area contributed by atoms with E-state index in [1.54, 1.807) is 6.26 Å². The van der Waals surface area contributed by atoms with Crippen LogP contribution in [0.3, 0.4) is 0 Å². The van der Waals surface area contributed by atoms with Gasteiger partial charge in [0, 0.05) is 43.3 Å². The molecular weight excluding hydrogens is 480 g/mol. The van der Waals surface area contributed by atoms with E-state index in [0.29, 0.717) is 6.54 Å². The molecule has 0 radical (unpaired) electrons. The maximum absolute atomic E-state index is 13.9. The summed E-state index contributed by atoms with van der Waals surface area (Å²) in [5.41, 5.74) is 6.88. The minimum atomic E-state index is 0.135. The third kappa shape index (κ3) is 7.27. The third-order valence-electron chi connectivity index (χ3n) is 7.93. The highest BCUT2D eigenvalue weighted by atomic mass is 16.3. The molecule has 4 heteroatoms. The molecule has 4 aromatic rings. The van der Waals surface area contributed by atoms with Crippen molar-refractivity contribution in [3.05, 3.63) is 120 Å². The molecule has 1 aliphatic heterocycles. The molecule has 4 nitrogen and oxygen atoms in total. The highest BCUT2D eigenvalue weighted by Gasteiger charge is 2.29. The third-order valence-corrected chi connectivity index (χ3v) is 7.93. The van der Waals surface area contributed by atoms with Gasteiger partial charge in [-0.1, -0.05) is 86.5 Å². The Morgan fingerprint density at radius 3 is 2.18 bits per heavy atom. The van der Waals surface area contributed by atoms with E-state index in [9.17, 15) is 4.79 Å². The lowest BCUT2D eigenvalue weighted by Crippen LogP contribution is -2.46. The lowest BCUT2D eigenvalue weighted by molar-refractivity contribution is 0.0542. The van der Waals surface area contributed by atoms with Gasteiger partial charge in [-0.2, -0.15) is 0 Å². The van der Waals surface area contributed by atoms with E-state index in [-0.39, 0.29) is 11.9 Å². The predicted octanol–water partition coefficient (Wildman–Crippen LogP) is 7.99. The Bertz CT molecular complexity index is 1270. The fourth-order valence-electron chi connectivity index (χ4n) is 5.59. The van der Waals surface area contributed by atoms with Gasteiger partial charge in [-0.05, 0) is 66.1 Å². The summed E-state index contributed by atoms with van der Waals surface area (Å²) in [5.74, 6) is 0.135. The number of carbonyl (C=O) groups excluding carboxylic acids is 1. The first-order valence-corrected chi connectivity index (χ1v) is 14.5. The zero-order valence-corrected chi connectivity index (χ0v) is 23.1. The fourth-order valence-corrected chi connectivity index (χ4v) is 5.59. The Morgan fingerprint density at radius 1 is 0.821 bits per heavy atom. The van der Waals surface area contributed by atoms with Gasteiger partial charge >= 0.3 is 0 Å². The van der Waals surface area contributed by atoms with Gasteiger partial charge < -0.3 is 9.32 Å². The van der Waals surface area contributed by atoms with E-state index in [1.807, 2.05) is 30.5 Å². The molecule has 0 unspecified atom stereocenters. The van der Waals surface area contributed by atoms with Crippen LogP contribution in [0, 0.1) is 0 Å². The summed E-state index contributed by atoms with van der Waals surface area (Å²) in [6.07, 6.45) is 10.3. The average molecular weight is 521 g/mol. The highest BCUT2D eigenvalue weighted by Crippen LogP contribution is 2.25. The Hall–Kier alpha value is -3.63. The molecule has 3 aromatic carbocycles. The second kappa shape index (κ2) is 13.4. The summed E-state index contributed by atoms with van der Waals surface area (Å²) in [5, 5.41) is 0. The van der Waals surface area contributed by atoms with E-state index in [4.69, 9.17) is 4.42 Å². The van der Waals surface area contributed by atoms with E-state index in [1.165, 1.54) is 47.1 Å². The van der Waals surface area contributed by atoms with Gasteiger partial charge in [0.25, 0.3) is 5.91 Å². The molecule has 1 aromatic heterocycles. The average Bonchev–Trinajstić information content (AvgIpc) is 3.50. The van der Waals surface area contributed by atoms with Crippen LogP contribution in [-0.2, 0) is 19.5 Å². The number of hydrogen-bond donors (Lipinski definition) is 0. The first kappa shape index (κ1) is 27.0. The number of aryl methyl sites for hydroxylation is 1. The van der Waals surface area contributed by atoms with E-state index in [0.717, 1.165) is 44.5 Å². The molecule has 5 rings (SSSR count). The highest BCUT2D eigenvalue weighted by molar-refractivity contribution is 5.94. The van der Waals surface area contributed by atoms with Gasteiger partial charge in [0.15, 0.2) is 0 Å². The topological polar surface area (TPSA) is 36.7 Å². The lowest BCUT2D eigenvalue weighted by Gasteiger charge is -2.38. The van der Waals surface area contributed by atoms with Gasteiger partial charge in [-0.25, -0.2) is 0 Å². The predicted molar refractivity (Wildman–Crippen MR) is 158 cm³/mol. The van der Waals surface area contributed by atoms with E-state index in [2.05, 4.69) is 77.4 Å². The number of benzene rings is 3. The van der Waals surface area contributed by atoms with Crippen molar-refractivity contribution in [2.24, 2.45) is 0 Å². The van der Waals surface area contributed by atoms with Crippen molar-refractivity contribution in [2.45, 2.75) is 64.6 Å². The molecule has 1 aliphatic rings. The number of piperidine rings is 1. The number of rotatable bonds is 11. The minimum Gasteiger partial charge on any atom is -0.472 e. The molecular formula is C35H40N2O2. The molecule has 0 bridgehead atoms. The van der Waals surface area contributed by atoms with Crippen LogP contribution in [0.2, 0.25) is 0 Å². The molecule has 1 fully saturated rings. The summed E-state index contributed by atoms with van der Waals surface area (Å²) in [6.45, 7) is 5.70. The molecule has 1 saturated heterocycles. The molecule has 0 atom stereocenters. The number of furan rings is 1. The maximum Gasteiger partial charge on any atom is 0.254 e. The molecule has 2 heterocycles. The molecule has 1 amide bonds. The zero-order valence-electron chi connectivity index (χ0n) is 23.1. The van der Waals surface area contributed by atoms with Crippen LogP contribution >= 0.6 is 0 Å². The Balaban J connectivity index is 1.30. The van der Waals surface area contributed by atoms with Crippen molar-refractivity contribution in [1.82, 2.24) is 9.80 Å². The van der Waals surface area contributed by atoms with Crippen LogP contribution in [0.25, 0.3) is 11.1 Å². The lowest BCUT2D eigenvalue weighted by atomic mass is 9.99. The normalized spacial score (nSPS) is 14.4. The number of amides is 1. The van der Waals surface area contributed by atoms with Gasteiger partial charge in [0.05, 0.1) is 12.5 Å². The van der Waals surface area contributed by atoms with Crippen molar-refractivity contribution in [2.75, 3.05) is 13.1 Å². The fraction of sp³-hybridized carbons (Fsp3) is 0.343. The molecule has 0 aliphatic carbocycles. The SMILES string of the molecule is CCCCCc1ccc(C(=O)N(Cc2ccc(-c3ccccc3)cc2)C2CCN(Cc3ccoc3)CC2)cc1. The first-order valence-electron chi connectivity index (χ1n) is 14.5. The number of carbonyl (C=O) groups is 1. The van der Waals surface area contributed by atoms with E-state index >= 15 is 0 Å². The zero-order chi connectivity index (χ0) is 26.9. The van der Waals surface area contributed by atoms with Crippen molar-refractivity contribution < 1.29 is 9.21 Å². The van der Waals surface area contributed by atoms with Crippen LogP contribution in [0.1, 0.15) is 66.1 Å². The second-order valence-corrected chi connectivity index (χ2v) is 10.8. The number of nitrogens with zero attached hydrogens (tertiary/aromatic N) is 2. The monoisotopic (exact) mass is 520 g/mol. The van der Waals surface area contributed by atoms with Crippen molar-refractivity contribution >= 4 is 5.91 Å². The van der Waals surface area contributed by atoms with Crippen molar-refractivity contribution in [3.8, 4) is 11.1 Å². The summed E-state index contributed by atoms with van der Waals surface area (Å²) in [7, 11) is 0. The maximum atomic E-state index is 13.9. The molecule has 0 saturated carbocycles. The molecule has 0 spiro atoms. The molecule has 0 N–H and O–H groups in total. The number of unbranched alkanes of at least 4 members (excludes halogenated alkanes) is 2. The van der Waals surface area contributed by atoms with Crippen LogP contribution in [0.4, 0.5) is 0 Å². The Labute approximate surface area is 233 Å². The summed E-state index contributed by atoms with van der Waals surface area (Å²) in [4.78, 5) is 18.5. The Morgan fingerprint density at radius 2 is 1.51 bits per heavy atom. The number of likely N-dealkylation sites (tertiary alicyclic amines) is 1. The minimum absolute atomic E-state index is 0.135. The van der Waals surface area contributed by atoms with E-state index < -0.39 is 0 Å². The summed E-state index contributed by atoms with van der Waals surface area (Å²) < 4.78 is 5.25. The van der Waals surface area contributed by atoms with Gasteiger partial charge in [0.2, 0.25) is 0 Å². The Kier molecular flexibility index (Phi) is 9.29. The van der Waals surface area contributed by atoms with Crippen LogP contribution in [0.5, 0.6) is 0 Å². The first-order chi connectivity index (χ1) is 19.2. The quantitative estimate of drug-likeness (QED) is 0.188. The van der Waals surface area contributed by atoms with Gasteiger partial charge in [0.1, 0.15) is 0 Å². The van der Waals surface area contributed by atoms with Crippen molar-refractivity contribution in [1.29, 1.82) is 0 Å². The number of hydrogen-bond acceptors (Lipinski definition) is 3. The summed E-state index contributed by atoms with van der Waals surface area (Å²) in [6, 6.07) is 29.7. The van der Waals surface area contributed by atoms with Crippen LogP contribution in [0.15, 0.2) is 102 Å². The summed E-state index contributed by atoms with van der Waals surface area (Å²) >= 11 is 0. The molecule has 202 valence electrons. The smallest absolute Gasteiger partial charge is 0.254 e. The standard InChI is InChI=1S/C35H40N2O2/c1-2-3-5-8-28-11-17-33(18-12-28)35(38)37(34-19-22-36(23-20-34)25-30-21-24-39-27-30)26-29-13-15-32(16-14-29)31-9-6-4-7-10-31/h4,6-7,9-18,21,24,27,34H,2-3,5,8,19-20,22-23,25-26H2,1H3. The second-order valence-electron chi connectivity index (χ2n) is 10.8. The molecule has 39 heavy (non-hydrogen) atoms. The van der Waals surface area contributed by atoms with Crippen molar-refractivity contribution in [3.63, 3.8) is 0 Å². The van der Waals surface area contributed by atoms with Gasteiger partial charge in [-0.15, -0.1) is 0 Å². The largest absolute Gasteiger partial charge is 0.472 e. The van der Waals surface area contributed by atoms with Crippen LogP contribution < -0.4 is 0 Å². The van der Waals surface area contributed by atoms with Crippen LogP contribution in [-0.4, -0.2) is 34.8 Å². The van der Waals surface area contributed by atoms with Gasteiger partial charge in [-0.3, -0.25) is 9.69 Å².